The van der Waals surface area contributed by atoms with Gasteiger partial charge in [-0.1, -0.05) is 41.4 Å². The van der Waals surface area contributed by atoms with E-state index < -0.39 is 0 Å². The summed E-state index contributed by atoms with van der Waals surface area (Å²) >= 11 is 12.4. The van der Waals surface area contributed by atoms with Crippen LogP contribution in [0.15, 0.2) is 42.5 Å². The lowest BCUT2D eigenvalue weighted by molar-refractivity contribution is 0.0974. The molecule has 0 saturated heterocycles. The van der Waals surface area contributed by atoms with Gasteiger partial charge in [0.2, 0.25) is 0 Å². The Morgan fingerprint density at radius 2 is 1.58 bits per heavy atom. The van der Waals surface area contributed by atoms with Gasteiger partial charge in [-0.15, -0.1) is 0 Å². The lowest BCUT2D eigenvalue weighted by Crippen LogP contribution is -2.06. The molecule has 1 aromatic heterocycles. The van der Waals surface area contributed by atoms with Crippen LogP contribution in [0.1, 0.15) is 10.4 Å². The molecular formula is C15H7Cl2NO. The SMILES string of the molecule is O=C1c2c(Cl)ccc(Cl)c2-c2cc3ccccc3n21. The van der Waals surface area contributed by atoms with E-state index in [1.165, 1.54) is 0 Å². The molecule has 4 rings (SSSR count). The largest absolute Gasteiger partial charge is 0.276 e. The Kier molecular flexibility index (Phi) is 2.12. The molecule has 3 aromatic rings. The predicted molar refractivity (Wildman–Crippen MR) is 77.1 cm³/mol. The van der Waals surface area contributed by atoms with Crippen LogP contribution in [0.3, 0.4) is 0 Å². The van der Waals surface area contributed by atoms with E-state index in [0.717, 1.165) is 22.2 Å². The molecule has 0 aliphatic carbocycles. The summed E-state index contributed by atoms with van der Waals surface area (Å²) < 4.78 is 1.68. The minimum Gasteiger partial charge on any atom is -0.276 e. The normalized spacial score (nSPS) is 12.8. The molecule has 2 heterocycles. The Hall–Kier alpha value is -1.77. The first-order valence-electron chi connectivity index (χ1n) is 5.82. The van der Waals surface area contributed by atoms with Crippen molar-refractivity contribution in [1.82, 2.24) is 4.57 Å². The quantitative estimate of drug-likeness (QED) is 0.463. The third kappa shape index (κ3) is 1.30. The maximum Gasteiger partial charge on any atom is 0.265 e. The van der Waals surface area contributed by atoms with E-state index in [1.54, 1.807) is 16.7 Å². The molecule has 0 N–H and O–H groups in total. The minimum absolute atomic E-state index is 0.112. The summed E-state index contributed by atoms with van der Waals surface area (Å²) in [7, 11) is 0. The highest BCUT2D eigenvalue weighted by Crippen LogP contribution is 2.43. The number of nitrogens with zero attached hydrogens (tertiary/aromatic N) is 1. The van der Waals surface area contributed by atoms with Crippen LogP contribution in [-0.2, 0) is 0 Å². The van der Waals surface area contributed by atoms with Crippen molar-refractivity contribution in [2.24, 2.45) is 0 Å². The van der Waals surface area contributed by atoms with Crippen molar-refractivity contribution >= 4 is 40.0 Å². The molecule has 0 radical (unpaired) electrons. The summed E-state index contributed by atoms with van der Waals surface area (Å²) in [6, 6.07) is 13.1. The predicted octanol–water partition coefficient (Wildman–Crippen LogP) is 4.62. The lowest BCUT2D eigenvalue weighted by atomic mass is 10.1. The molecule has 0 spiro atoms. The van der Waals surface area contributed by atoms with E-state index >= 15 is 0 Å². The monoisotopic (exact) mass is 287 g/mol. The average molecular weight is 288 g/mol. The molecule has 2 aromatic carbocycles. The first-order valence-corrected chi connectivity index (χ1v) is 6.57. The zero-order chi connectivity index (χ0) is 13.1. The average Bonchev–Trinajstić information content (AvgIpc) is 2.91. The van der Waals surface area contributed by atoms with Gasteiger partial charge >= 0.3 is 0 Å². The third-order valence-corrected chi connectivity index (χ3v) is 4.12. The minimum atomic E-state index is -0.112. The van der Waals surface area contributed by atoms with E-state index in [4.69, 9.17) is 23.2 Å². The second-order valence-corrected chi connectivity index (χ2v) is 5.32. The first kappa shape index (κ1) is 11.1. The molecule has 2 nitrogen and oxygen atoms in total. The van der Waals surface area contributed by atoms with Gasteiger partial charge in [0.05, 0.1) is 26.8 Å². The van der Waals surface area contributed by atoms with Gasteiger partial charge in [0.1, 0.15) is 0 Å². The van der Waals surface area contributed by atoms with Crippen LogP contribution in [0, 0.1) is 0 Å². The number of benzene rings is 2. The Morgan fingerprint density at radius 3 is 2.37 bits per heavy atom. The number of aromatic nitrogens is 1. The van der Waals surface area contributed by atoms with Crippen LogP contribution in [0.25, 0.3) is 22.2 Å². The van der Waals surface area contributed by atoms with Crippen molar-refractivity contribution in [2.45, 2.75) is 0 Å². The van der Waals surface area contributed by atoms with Gasteiger partial charge in [0.25, 0.3) is 5.91 Å². The Morgan fingerprint density at radius 1 is 0.895 bits per heavy atom. The molecule has 4 heteroatoms. The van der Waals surface area contributed by atoms with Crippen molar-refractivity contribution in [2.75, 3.05) is 0 Å². The number of halogens is 2. The van der Waals surface area contributed by atoms with E-state index in [-0.39, 0.29) is 5.91 Å². The van der Waals surface area contributed by atoms with Crippen LogP contribution in [-0.4, -0.2) is 10.5 Å². The number of carbonyl (C=O) groups excluding carboxylic acids is 1. The highest BCUT2D eigenvalue weighted by molar-refractivity contribution is 6.40. The highest BCUT2D eigenvalue weighted by atomic mass is 35.5. The molecule has 0 saturated carbocycles. The van der Waals surface area contributed by atoms with Crippen molar-refractivity contribution in [3.05, 3.63) is 58.1 Å². The van der Waals surface area contributed by atoms with Gasteiger partial charge in [0, 0.05) is 10.9 Å². The van der Waals surface area contributed by atoms with Crippen molar-refractivity contribution in [3.63, 3.8) is 0 Å². The number of rotatable bonds is 0. The van der Waals surface area contributed by atoms with Crippen LogP contribution in [0.2, 0.25) is 10.0 Å². The second-order valence-electron chi connectivity index (χ2n) is 4.51. The smallest absolute Gasteiger partial charge is 0.265 e. The van der Waals surface area contributed by atoms with Crippen LogP contribution < -0.4 is 0 Å². The molecule has 0 atom stereocenters. The lowest BCUT2D eigenvalue weighted by Gasteiger charge is -2.02. The Bertz CT molecular complexity index is 864. The van der Waals surface area contributed by atoms with Gasteiger partial charge in [-0.2, -0.15) is 0 Å². The molecule has 0 bridgehead atoms. The zero-order valence-electron chi connectivity index (χ0n) is 9.65. The molecule has 1 aliphatic heterocycles. The van der Waals surface area contributed by atoms with Gasteiger partial charge in [-0.3, -0.25) is 9.36 Å². The maximum atomic E-state index is 12.6. The molecule has 0 fully saturated rings. The maximum absolute atomic E-state index is 12.6. The third-order valence-electron chi connectivity index (χ3n) is 3.49. The van der Waals surface area contributed by atoms with E-state index in [1.807, 2.05) is 30.3 Å². The summed E-state index contributed by atoms with van der Waals surface area (Å²) in [5.74, 6) is -0.112. The number of hydrogen-bond donors (Lipinski definition) is 0. The fraction of sp³-hybridized carbons (Fsp3) is 0. The second kappa shape index (κ2) is 3.62. The Labute approximate surface area is 119 Å². The van der Waals surface area contributed by atoms with E-state index in [2.05, 4.69) is 0 Å². The van der Waals surface area contributed by atoms with Crippen LogP contribution in [0.5, 0.6) is 0 Å². The fourth-order valence-corrected chi connectivity index (χ4v) is 3.17. The summed E-state index contributed by atoms with van der Waals surface area (Å²) in [6.07, 6.45) is 0. The van der Waals surface area contributed by atoms with Crippen molar-refractivity contribution in [1.29, 1.82) is 0 Å². The standard InChI is InChI=1S/C15H7Cl2NO/c16-9-5-6-10(17)14-13(9)12-7-8-3-1-2-4-11(8)18(12)15(14)19/h1-7H. The summed E-state index contributed by atoms with van der Waals surface area (Å²) in [6.45, 7) is 0. The van der Waals surface area contributed by atoms with Gasteiger partial charge in [-0.25, -0.2) is 0 Å². The molecule has 0 amide bonds. The first-order chi connectivity index (χ1) is 9.18. The van der Waals surface area contributed by atoms with Crippen LogP contribution >= 0.6 is 23.2 Å². The number of carbonyl (C=O) groups is 1. The van der Waals surface area contributed by atoms with Crippen LogP contribution in [0.4, 0.5) is 0 Å². The summed E-state index contributed by atoms with van der Waals surface area (Å²) in [5, 5.41) is 2.01. The number of para-hydroxylation sites is 1. The number of hydrogen-bond acceptors (Lipinski definition) is 1. The van der Waals surface area contributed by atoms with Gasteiger partial charge < -0.3 is 0 Å². The van der Waals surface area contributed by atoms with Crippen molar-refractivity contribution < 1.29 is 4.79 Å². The molecule has 92 valence electrons. The highest BCUT2D eigenvalue weighted by Gasteiger charge is 2.32. The number of fused-ring (bicyclic) bond motifs is 5. The fourth-order valence-electron chi connectivity index (χ4n) is 2.68. The molecular weight excluding hydrogens is 281 g/mol. The zero-order valence-corrected chi connectivity index (χ0v) is 11.2. The molecule has 19 heavy (non-hydrogen) atoms. The van der Waals surface area contributed by atoms with Crippen molar-refractivity contribution in [3.8, 4) is 11.3 Å². The summed E-state index contributed by atoms with van der Waals surface area (Å²) in [4.78, 5) is 12.6. The Balaban J connectivity index is 2.20. The molecule has 1 aliphatic rings. The van der Waals surface area contributed by atoms with E-state index in [9.17, 15) is 4.79 Å². The topological polar surface area (TPSA) is 22.0 Å². The van der Waals surface area contributed by atoms with Gasteiger partial charge in [-0.05, 0) is 24.3 Å². The summed E-state index contributed by atoms with van der Waals surface area (Å²) in [5.41, 5.74) is 2.92. The van der Waals surface area contributed by atoms with Gasteiger partial charge in [0.15, 0.2) is 0 Å². The van der Waals surface area contributed by atoms with E-state index in [0.29, 0.717) is 15.6 Å². The molecule has 0 unspecified atom stereocenters.